The van der Waals surface area contributed by atoms with Crippen molar-refractivity contribution < 1.29 is 26.8 Å². The Bertz CT molecular complexity index is 1080. The predicted octanol–water partition coefficient (Wildman–Crippen LogP) is 4.31. The Hall–Kier alpha value is -3.37. The molecule has 7 nitrogen and oxygen atoms in total. The minimum absolute atomic E-state index is 0.0920. The Morgan fingerprint density at radius 3 is 2.53 bits per heavy atom. The van der Waals surface area contributed by atoms with Gasteiger partial charge in [0.15, 0.2) is 6.04 Å². The highest BCUT2D eigenvalue weighted by Crippen LogP contribution is 2.38. The lowest BCUT2D eigenvalue weighted by molar-refractivity contribution is -0.158. The summed E-state index contributed by atoms with van der Waals surface area (Å²) < 4.78 is 59.8. The number of hydrogen-bond donors (Lipinski definition) is 2. The van der Waals surface area contributed by atoms with Crippen LogP contribution < -0.4 is 15.5 Å². The number of urea groups is 1. The van der Waals surface area contributed by atoms with Crippen LogP contribution in [-0.4, -0.2) is 35.3 Å². The Morgan fingerprint density at radius 2 is 1.93 bits per heavy atom. The highest BCUT2D eigenvalue weighted by Gasteiger charge is 2.45. The third-order valence-electron chi connectivity index (χ3n) is 4.84. The van der Waals surface area contributed by atoms with E-state index >= 15 is 0 Å². The van der Waals surface area contributed by atoms with Gasteiger partial charge in [0.25, 0.3) is 0 Å². The van der Waals surface area contributed by atoms with Gasteiger partial charge in [0, 0.05) is 24.0 Å². The first kappa shape index (κ1) is 19.9. The van der Waals surface area contributed by atoms with Gasteiger partial charge >= 0.3 is 12.2 Å². The average molecular weight is 423 g/mol. The molecule has 0 unspecified atom stereocenters. The van der Waals surface area contributed by atoms with Gasteiger partial charge in [-0.25, -0.2) is 19.2 Å². The van der Waals surface area contributed by atoms with E-state index < -0.39 is 29.8 Å². The molecule has 4 rings (SSSR count). The van der Waals surface area contributed by atoms with Crippen molar-refractivity contribution in [1.29, 1.82) is 0 Å². The van der Waals surface area contributed by atoms with E-state index in [1.807, 2.05) is 10.2 Å². The molecule has 0 bridgehead atoms. The van der Waals surface area contributed by atoms with Crippen molar-refractivity contribution in [3.63, 3.8) is 0 Å². The molecule has 158 valence electrons. The molecule has 2 N–H and O–H groups in total. The summed E-state index contributed by atoms with van der Waals surface area (Å²) in [6.07, 6.45) is -1.17. The molecule has 1 aliphatic heterocycles. The summed E-state index contributed by atoms with van der Waals surface area (Å²) in [6, 6.07) is -0.117. The Kier molecular flexibility index (Phi) is 4.96. The first-order chi connectivity index (χ1) is 14.2. The number of alkyl halides is 3. The molecule has 1 saturated heterocycles. The summed E-state index contributed by atoms with van der Waals surface area (Å²) in [4.78, 5) is 22.3. The number of amides is 2. The van der Waals surface area contributed by atoms with Crippen molar-refractivity contribution in [2.24, 2.45) is 0 Å². The minimum atomic E-state index is -4.84. The molecule has 2 aromatic heterocycles. The molecule has 1 atom stereocenters. The molecule has 3 aromatic rings. The number of nitrogens with zero attached hydrogens (tertiary/aromatic N) is 3. The number of furan rings is 1. The molecule has 1 aromatic carbocycles. The maximum atomic E-state index is 13.7. The van der Waals surface area contributed by atoms with Crippen molar-refractivity contribution in [1.82, 2.24) is 15.3 Å². The number of carbonyl (C=O) groups is 1. The van der Waals surface area contributed by atoms with E-state index in [0.717, 1.165) is 31.6 Å². The Balaban J connectivity index is 1.53. The number of anilines is 2. The van der Waals surface area contributed by atoms with Gasteiger partial charge in [-0.2, -0.15) is 13.2 Å². The van der Waals surface area contributed by atoms with E-state index in [-0.39, 0.29) is 22.2 Å². The van der Waals surface area contributed by atoms with Crippen molar-refractivity contribution in [3.05, 3.63) is 47.7 Å². The Labute approximate surface area is 168 Å². The lowest BCUT2D eigenvalue weighted by Crippen LogP contribution is -2.40. The second-order valence-electron chi connectivity index (χ2n) is 6.92. The highest BCUT2D eigenvalue weighted by atomic mass is 19.4. The van der Waals surface area contributed by atoms with Crippen LogP contribution >= 0.6 is 0 Å². The van der Waals surface area contributed by atoms with E-state index in [9.17, 15) is 22.4 Å². The van der Waals surface area contributed by atoms with Crippen molar-refractivity contribution in [2.45, 2.75) is 25.6 Å². The molecular weight excluding hydrogens is 406 g/mol. The fraction of sp³-hybridized carbons (Fsp3) is 0.316. The van der Waals surface area contributed by atoms with Crippen LogP contribution in [0.3, 0.4) is 0 Å². The van der Waals surface area contributed by atoms with Crippen molar-refractivity contribution >= 4 is 28.6 Å². The van der Waals surface area contributed by atoms with Gasteiger partial charge in [-0.15, -0.1) is 0 Å². The van der Waals surface area contributed by atoms with Gasteiger partial charge < -0.3 is 20.0 Å². The third-order valence-corrected chi connectivity index (χ3v) is 4.84. The van der Waals surface area contributed by atoms with Crippen LogP contribution in [0.4, 0.5) is 34.0 Å². The van der Waals surface area contributed by atoms with Crippen molar-refractivity contribution in [3.8, 4) is 0 Å². The summed E-state index contributed by atoms with van der Waals surface area (Å²) >= 11 is 0. The topological polar surface area (TPSA) is 83.3 Å². The summed E-state index contributed by atoms with van der Waals surface area (Å²) in [5.74, 6) is -0.623. The van der Waals surface area contributed by atoms with Crippen molar-refractivity contribution in [2.75, 3.05) is 23.3 Å². The van der Waals surface area contributed by atoms with Crippen LogP contribution in [0.1, 0.15) is 23.8 Å². The zero-order valence-corrected chi connectivity index (χ0v) is 15.8. The largest absolute Gasteiger partial charge is 0.458 e. The minimum Gasteiger partial charge on any atom is -0.458 e. The second-order valence-corrected chi connectivity index (χ2v) is 6.92. The van der Waals surface area contributed by atoms with E-state index in [0.29, 0.717) is 5.95 Å². The zero-order chi connectivity index (χ0) is 21.5. The van der Waals surface area contributed by atoms with Gasteiger partial charge in [-0.1, -0.05) is 0 Å². The zero-order valence-electron chi connectivity index (χ0n) is 15.8. The molecule has 0 saturated carbocycles. The van der Waals surface area contributed by atoms with Crippen LogP contribution in [0.25, 0.3) is 11.0 Å². The molecule has 3 heterocycles. The molecule has 0 spiro atoms. The van der Waals surface area contributed by atoms with Crippen LogP contribution in [0.2, 0.25) is 0 Å². The van der Waals surface area contributed by atoms with Gasteiger partial charge in [0.2, 0.25) is 5.95 Å². The average Bonchev–Trinajstić information content (AvgIpc) is 2.95. The number of carbonyl (C=O) groups excluding carboxylic acids is 1. The number of halogens is 4. The number of aromatic nitrogens is 2. The smallest absolute Gasteiger partial charge is 0.416 e. The molecule has 1 aliphatic rings. The summed E-state index contributed by atoms with van der Waals surface area (Å²) in [5, 5.41) is 4.36. The number of benzene rings is 1. The Morgan fingerprint density at radius 1 is 1.23 bits per heavy atom. The SMILES string of the molecule is Cc1c([C@H](NC(=O)Nc2cnc(N3CCC3)nc2)C(F)(F)F)oc2ccc(F)cc12. The summed E-state index contributed by atoms with van der Waals surface area (Å²) in [6.45, 7) is 3.05. The highest BCUT2D eigenvalue weighted by molar-refractivity contribution is 5.89. The van der Waals surface area contributed by atoms with Crippen LogP contribution in [-0.2, 0) is 0 Å². The predicted molar refractivity (Wildman–Crippen MR) is 101 cm³/mol. The van der Waals surface area contributed by atoms with E-state index in [1.165, 1.54) is 25.4 Å². The summed E-state index contributed by atoms with van der Waals surface area (Å²) in [5.41, 5.74) is 0.325. The molecule has 0 aliphatic carbocycles. The van der Waals surface area contributed by atoms with Gasteiger partial charge in [-0.05, 0) is 31.5 Å². The maximum absolute atomic E-state index is 13.7. The van der Waals surface area contributed by atoms with Crippen LogP contribution in [0.15, 0.2) is 35.0 Å². The van der Waals surface area contributed by atoms with Gasteiger partial charge in [-0.3, -0.25) is 0 Å². The third kappa shape index (κ3) is 3.87. The molecular formula is C19H17F4N5O2. The molecule has 30 heavy (non-hydrogen) atoms. The monoisotopic (exact) mass is 423 g/mol. The van der Waals surface area contributed by atoms with E-state index in [4.69, 9.17) is 4.42 Å². The second kappa shape index (κ2) is 7.47. The summed E-state index contributed by atoms with van der Waals surface area (Å²) in [7, 11) is 0. The fourth-order valence-electron chi connectivity index (χ4n) is 3.15. The number of fused-ring (bicyclic) bond motifs is 1. The number of nitrogens with one attached hydrogen (secondary N) is 2. The fourth-order valence-corrected chi connectivity index (χ4v) is 3.15. The maximum Gasteiger partial charge on any atom is 0.416 e. The van der Waals surface area contributed by atoms with Crippen LogP contribution in [0, 0.1) is 12.7 Å². The lowest BCUT2D eigenvalue weighted by Gasteiger charge is -2.30. The molecule has 1 fully saturated rings. The molecule has 11 heteroatoms. The number of hydrogen-bond acceptors (Lipinski definition) is 5. The number of aryl methyl sites for hydroxylation is 1. The normalized spacial score (nSPS) is 15.0. The first-order valence-electron chi connectivity index (χ1n) is 9.12. The van der Waals surface area contributed by atoms with E-state index in [1.54, 1.807) is 0 Å². The van der Waals surface area contributed by atoms with E-state index in [2.05, 4.69) is 15.3 Å². The van der Waals surface area contributed by atoms with Gasteiger partial charge in [0.1, 0.15) is 17.2 Å². The first-order valence-corrected chi connectivity index (χ1v) is 9.12. The standard InChI is InChI=1S/C19H17F4N5O2/c1-10-13-7-11(20)3-4-14(13)30-15(10)16(19(21,22)23)27-18(29)26-12-8-24-17(25-9-12)28-5-2-6-28/h3-4,7-9,16H,2,5-6H2,1H3,(H2,26,27,29)/t16-/m0/s1. The quantitative estimate of drug-likeness (QED) is 0.612. The molecule has 2 amide bonds. The van der Waals surface area contributed by atoms with Crippen LogP contribution in [0.5, 0.6) is 0 Å². The molecule has 0 radical (unpaired) electrons. The van der Waals surface area contributed by atoms with Gasteiger partial charge in [0.05, 0.1) is 18.1 Å². The lowest BCUT2D eigenvalue weighted by atomic mass is 10.1. The number of rotatable bonds is 4.